The van der Waals surface area contributed by atoms with E-state index in [9.17, 15) is 4.39 Å². The highest BCUT2D eigenvalue weighted by Gasteiger charge is 2.23. The van der Waals surface area contributed by atoms with Crippen LogP contribution in [-0.2, 0) is 0 Å². The standard InChI is InChI=1S/C20H27FN6/c1-16-15-19(26-9-7-24(2)8-10-26)23-20(22-16)27-13-11-25(12-14-27)18-6-4-3-5-17(18)21/h3-6,15H,7-14H2,1-2H3. The Bertz CT molecular complexity index is 782. The molecule has 6 nitrogen and oxygen atoms in total. The second kappa shape index (κ2) is 7.68. The minimum atomic E-state index is -0.157. The molecule has 2 aliphatic heterocycles. The number of benzene rings is 1. The number of likely N-dealkylation sites (N-methyl/N-ethyl adjacent to an activating group) is 1. The summed E-state index contributed by atoms with van der Waals surface area (Å²) in [5.74, 6) is 1.65. The van der Waals surface area contributed by atoms with Gasteiger partial charge in [-0.2, -0.15) is 4.98 Å². The lowest BCUT2D eigenvalue weighted by molar-refractivity contribution is 0.312. The van der Waals surface area contributed by atoms with Crippen molar-refractivity contribution >= 4 is 17.5 Å². The maximum absolute atomic E-state index is 14.0. The van der Waals surface area contributed by atoms with Crippen molar-refractivity contribution in [1.82, 2.24) is 14.9 Å². The van der Waals surface area contributed by atoms with Gasteiger partial charge < -0.3 is 19.6 Å². The maximum Gasteiger partial charge on any atom is 0.227 e. The first-order valence-corrected chi connectivity index (χ1v) is 9.64. The van der Waals surface area contributed by atoms with E-state index in [1.165, 1.54) is 6.07 Å². The molecule has 0 bridgehead atoms. The lowest BCUT2D eigenvalue weighted by atomic mass is 10.2. The van der Waals surface area contributed by atoms with Crippen LogP contribution in [0.2, 0.25) is 0 Å². The van der Waals surface area contributed by atoms with Gasteiger partial charge in [-0.3, -0.25) is 0 Å². The van der Waals surface area contributed by atoms with Gasteiger partial charge in [0, 0.05) is 64.1 Å². The molecule has 0 atom stereocenters. The van der Waals surface area contributed by atoms with Crippen LogP contribution in [0.4, 0.5) is 21.8 Å². The molecule has 0 unspecified atom stereocenters. The third-order valence-electron chi connectivity index (χ3n) is 5.41. The second-order valence-electron chi connectivity index (χ2n) is 7.38. The Kier molecular flexibility index (Phi) is 5.11. The van der Waals surface area contributed by atoms with Crippen molar-refractivity contribution in [3.63, 3.8) is 0 Å². The number of nitrogens with zero attached hydrogens (tertiary/aromatic N) is 6. The molecule has 0 N–H and O–H groups in total. The molecule has 4 rings (SSSR count). The number of para-hydroxylation sites is 1. The van der Waals surface area contributed by atoms with Crippen LogP contribution >= 0.6 is 0 Å². The quantitative estimate of drug-likeness (QED) is 0.823. The molecular formula is C20H27FN6. The number of aromatic nitrogens is 2. The van der Waals surface area contributed by atoms with E-state index >= 15 is 0 Å². The molecule has 0 amide bonds. The molecule has 1 aromatic heterocycles. The lowest BCUT2D eigenvalue weighted by Gasteiger charge is -2.37. The van der Waals surface area contributed by atoms with Crippen molar-refractivity contribution in [3.05, 3.63) is 41.8 Å². The van der Waals surface area contributed by atoms with Gasteiger partial charge in [0.25, 0.3) is 0 Å². The summed E-state index contributed by atoms with van der Waals surface area (Å²) in [6, 6.07) is 9.06. The number of piperazine rings is 2. The Labute approximate surface area is 160 Å². The molecule has 0 spiro atoms. The van der Waals surface area contributed by atoms with Crippen molar-refractivity contribution in [2.45, 2.75) is 6.92 Å². The van der Waals surface area contributed by atoms with E-state index in [-0.39, 0.29) is 5.82 Å². The summed E-state index contributed by atoms with van der Waals surface area (Å²) in [4.78, 5) is 18.5. The summed E-state index contributed by atoms with van der Waals surface area (Å²) in [6.45, 7) is 9.24. The van der Waals surface area contributed by atoms with E-state index in [4.69, 9.17) is 4.98 Å². The number of hydrogen-bond donors (Lipinski definition) is 0. The van der Waals surface area contributed by atoms with Crippen LogP contribution in [-0.4, -0.2) is 74.3 Å². The third kappa shape index (κ3) is 3.98. The van der Waals surface area contributed by atoms with E-state index < -0.39 is 0 Å². The highest BCUT2D eigenvalue weighted by Crippen LogP contribution is 2.23. The summed E-state index contributed by atoms with van der Waals surface area (Å²) >= 11 is 0. The predicted molar refractivity (Wildman–Crippen MR) is 107 cm³/mol. The van der Waals surface area contributed by atoms with E-state index in [0.717, 1.165) is 69.8 Å². The zero-order valence-corrected chi connectivity index (χ0v) is 16.1. The minimum absolute atomic E-state index is 0.157. The molecule has 144 valence electrons. The molecule has 0 aliphatic carbocycles. The fourth-order valence-electron chi connectivity index (χ4n) is 3.73. The predicted octanol–water partition coefficient (Wildman–Crippen LogP) is 2.00. The van der Waals surface area contributed by atoms with Crippen molar-refractivity contribution < 1.29 is 4.39 Å². The monoisotopic (exact) mass is 370 g/mol. The average molecular weight is 370 g/mol. The van der Waals surface area contributed by atoms with E-state index in [1.54, 1.807) is 6.07 Å². The van der Waals surface area contributed by atoms with Gasteiger partial charge in [-0.05, 0) is 26.1 Å². The fraction of sp³-hybridized carbons (Fsp3) is 0.500. The molecule has 2 saturated heterocycles. The van der Waals surface area contributed by atoms with E-state index in [1.807, 2.05) is 19.1 Å². The largest absolute Gasteiger partial charge is 0.366 e. The van der Waals surface area contributed by atoms with Gasteiger partial charge in [0.2, 0.25) is 5.95 Å². The number of aryl methyl sites for hydroxylation is 1. The summed E-state index contributed by atoms with van der Waals surface area (Å²) in [5, 5.41) is 0. The van der Waals surface area contributed by atoms with Gasteiger partial charge in [-0.25, -0.2) is 9.37 Å². The first-order valence-electron chi connectivity index (χ1n) is 9.64. The molecule has 2 aliphatic rings. The Balaban J connectivity index is 1.46. The molecule has 0 radical (unpaired) electrons. The van der Waals surface area contributed by atoms with Crippen molar-refractivity contribution in [1.29, 1.82) is 0 Å². The summed E-state index contributed by atoms with van der Waals surface area (Å²) in [5.41, 5.74) is 1.67. The Morgan fingerprint density at radius 1 is 0.815 bits per heavy atom. The van der Waals surface area contributed by atoms with Gasteiger partial charge in [0.1, 0.15) is 11.6 Å². The van der Waals surface area contributed by atoms with Crippen LogP contribution in [0.3, 0.4) is 0 Å². The minimum Gasteiger partial charge on any atom is -0.366 e. The Morgan fingerprint density at radius 2 is 1.44 bits per heavy atom. The van der Waals surface area contributed by atoms with E-state index in [0.29, 0.717) is 5.69 Å². The molecule has 27 heavy (non-hydrogen) atoms. The first-order chi connectivity index (χ1) is 13.1. The van der Waals surface area contributed by atoms with Gasteiger partial charge in [0.05, 0.1) is 5.69 Å². The number of hydrogen-bond acceptors (Lipinski definition) is 6. The smallest absolute Gasteiger partial charge is 0.227 e. The second-order valence-corrected chi connectivity index (χ2v) is 7.38. The van der Waals surface area contributed by atoms with Gasteiger partial charge >= 0.3 is 0 Å². The lowest BCUT2D eigenvalue weighted by Crippen LogP contribution is -2.48. The molecule has 1 aromatic carbocycles. The molecule has 3 heterocycles. The first kappa shape index (κ1) is 18.0. The molecule has 0 saturated carbocycles. The van der Waals surface area contributed by atoms with Gasteiger partial charge in [0.15, 0.2) is 0 Å². The summed E-state index contributed by atoms with van der Waals surface area (Å²) in [6.07, 6.45) is 0. The van der Waals surface area contributed by atoms with Crippen LogP contribution in [0.5, 0.6) is 0 Å². The normalized spacial score (nSPS) is 18.9. The fourth-order valence-corrected chi connectivity index (χ4v) is 3.73. The van der Waals surface area contributed by atoms with Crippen LogP contribution in [0.15, 0.2) is 30.3 Å². The Morgan fingerprint density at radius 3 is 2.15 bits per heavy atom. The van der Waals surface area contributed by atoms with Gasteiger partial charge in [-0.1, -0.05) is 12.1 Å². The molecular weight excluding hydrogens is 343 g/mol. The molecule has 2 fully saturated rings. The number of rotatable bonds is 3. The average Bonchev–Trinajstić information content (AvgIpc) is 2.69. The summed E-state index contributed by atoms with van der Waals surface area (Å²) in [7, 11) is 2.16. The van der Waals surface area contributed by atoms with Crippen molar-refractivity contribution in [3.8, 4) is 0 Å². The van der Waals surface area contributed by atoms with E-state index in [2.05, 4.69) is 37.7 Å². The maximum atomic E-state index is 14.0. The summed E-state index contributed by atoms with van der Waals surface area (Å²) < 4.78 is 14.0. The van der Waals surface area contributed by atoms with Crippen LogP contribution in [0, 0.1) is 12.7 Å². The third-order valence-corrected chi connectivity index (χ3v) is 5.41. The van der Waals surface area contributed by atoms with Crippen LogP contribution in [0.1, 0.15) is 5.69 Å². The van der Waals surface area contributed by atoms with Crippen molar-refractivity contribution in [2.24, 2.45) is 0 Å². The number of halogens is 1. The molecule has 2 aromatic rings. The SMILES string of the molecule is Cc1cc(N2CCN(C)CC2)nc(N2CCN(c3ccccc3F)CC2)n1. The highest BCUT2D eigenvalue weighted by atomic mass is 19.1. The Hall–Kier alpha value is -2.41. The van der Waals surface area contributed by atoms with Crippen LogP contribution < -0.4 is 14.7 Å². The zero-order chi connectivity index (χ0) is 18.8. The topological polar surface area (TPSA) is 38.7 Å². The zero-order valence-electron chi connectivity index (χ0n) is 16.1. The highest BCUT2D eigenvalue weighted by molar-refractivity contribution is 5.51. The number of anilines is 3. The van der Waals surface area contributed by atoms with Crippen LogP contribution in [0.25, 0.3) is 0 Å². The van der Waals surface area contributed by atoms with Gasteiger partial charge in [-0.15, -0.1) is 0 Å². The van der Waals surface area contributed by atoms with Crippen molar-refractivity contribution in [2.75, 3.05) is 74.1 Å². The molecule has 7 heteroatoms.